The van der Waals surface area contributed by atoms with Crippen LogP contribution in [0.3, 0.4) is 0 Å². The molecule has 0 aliphatic carbocycles. The number of carbonyl (C=O) groups excluding carboxylic acids is 2. The molecule has 0 aliphatic heterocycles. The number of rotatable bonds is 9. The Morgan fingerprint density at radius 2 is 1.87 bits per heavy atom. The number of nitrogens with one attached hydrogen (secondary N) is 1. The number of aryl methyl sites for hydroxylation is 2. The van der Waals surface area contributed by atoms with E-state index in [4.69, 9.17) is 4.74 Å². The molecule has 0 heterocycles. The maximum absolute atomic E-state index is 13.2. The van der Waals surface area contributed by atoms with Crippen LogP contribution in [-0.2, 0) is 16.1 Å². The molecule has 0 saturated carbocycles. The largest absolute Gasteiger partial charge is 0.484 e. The molecule has 6 heteroatoms. The van der Waals surface area contributed by atoms with Crippen molar-refractivity contribution in [2.24, 2.45) is 0 Å². The first-order valence-corrected chi connectivity index (χ1v) is 11.0. The number of carbonyl (C=O) groups is 2. The number of halogens is 1. The summed E-state index contributed by atoms with van der Waals surface area (Å²) in [5, 5.41) is 2.93. The van der Waals surface area contributed by atoms with E-state index in [1.54, 1.807) is 4.90 Å². The van der Waals surface area contributed by atoms with Gasteiger partial charge in [0.15, 0.2) is 6.61 Å². The fourth-order valence-electron chi connectivity index (χ4n) is 3.24. The molecule has 162 valence electrons. The average molecular weight is 475 g/mol. The maximum Gasteiger partial charge on any atom is 0.261 e. The molecule has 0 spiro atoms. The first kappa shape index (κ1) is 23.9. The third-order valence-corrected chi connectivity index (χ3v) is 5.63. The first-order valence-electron chi connectivity index (χ1n) is 10.3. The molecule has 30 heavy (non-hydrogen) atoms. The second kappa shape index (κ2) is 11.2. The molecule has 0 aromatic heterocycles. The summed E-state index contributed by atoms with van der Waals surface area (Å²) in [4.78, 5) is 27.6. The summed E-state index contributed by atoms with van der Waals surface area (Å²) in [5.41, 5.74) is 3.12. The number of benzene rings is 2. The Bertz CT molecular complexity index is 883. The monoisotopic (exact) mass is 474 g/mol. The van der Waals surface area contributed by atoms with Crippen LogP contribution in [0.1, 0.15) is 43.9 Å². The highest BCUT2D eigenvalue weighted by molar-refractivity contribution is 9.10. The molecule has 2 aromatic rings. The summed E-state index contributed by atoms with van der Waals surface area (Å²) < 4.78 is 6.74. The van der Waals surface area contributed by atoms with Crippen LogP contribution in [0.5, 0.6) is 5.75 Å². The molecule has 0 saturated heterocycles. The Labute approximate surface area is 187 Å². The molecule has 2 aromatic carbocycles. The Kier molecular flexibility index (Phi) is 8.90. The summed E-state index contributed by atoms with van der Waals surface area (Å²) in [7, 11) is 0. The third-order valence-electron chi connectivity index (χ3n) is 4.74. The molecule has 2 rings (SSSR count). The minimum atomic E-state index is -0.560. The van der Waals surface area contributed by atoms with Crippen molar-refractivity contribution in [1.29, 1.82) is 0 Å². The molecule has 1 N–H and O–H groups in total. The minimum Gasteiger partial charge on any atom is -0.484 e. The Morgan fingerprint density at radius 3 is 2.47 bits per heavy atom. The van der Waals surface area contributed by atoms with Gasteiger partial charge >= 0.3 is 0 Å². The Hall–Kier alpha value is -2.34. The zero-order valence-electron chi connectivity index (χ0n) is 18.4. The van der Waals surface area contributed by atoms with Gasteiger partial charge in [-0.25, -0.2) is 0 Å². The van der Waals surface area contributed by atoms with Crippen LogP contribution in [0.15, 0.2) is 46.9 Å². The van der Waals surface area contributed by atoms with Crippen LogP contribution in [0, 0.1) is 13.8 Å². The molecular formula is C24H31BrN2O3. The van der Waals surface area contributed by atoms with Gasteiger partial charge in [-0.15, -0.1) is 0 Å². The van der Waals surface area contributed by atoms with E-state index in [1.165, 1.54) is 0 Å². The number of hydrogen-bond donors (Lipinski definition) is 1. The number of ether oxygens (including phenoxy) is 1. The van der Waals surface area contributed by atoms with Crippen LogP contribution in [0.25, 0.3) is 0 Å². The average Bonchev–Trinajstić information content (AvgIpc) is 2.68. The second-order valence-corrected chi connectivity index (χ2v) is 8.65. The molecule has 0 radical (unpaired) electrons. The van der Waals surface area contributed by atoms with Crippen molar-refractivity contribution in [3.63, 3.8) is 0 Å². The van der Waals surface area contributed by atoms with Gasteiger partial charge in [-0.1, -0.05) is 52.7 Å². The van der Waals surface area contributed by atoms with Gasteiger partial charge in [0.2, 0.25) is 5.91 Å². The lowest BCUT2D eigenvalue weighted by atomic mass is 10.1. The van der Waals surface area contributed by atoms with E-state index >= 15 is 0 Å². The standard InChI is InChI=1S/C24H31BrN2O3/c1-6-22(24(29)26-16(2)3)27(14-19-9-7-8-17(4)12-19)23(28)15-30-20-10-11-21(25)18(5)13-20/h7-13,16,22H,6,14-15H2,1-5H3,(H,26,29)/t22-/m0/s1. The maximum atomic E-state index is 13.2. The highest BCUT2D eigenvalue weighted by Crippen LogP contribution is 2.22. The molecule has 2 amide bonds. The molecule has 0 unspecified atom stereocenters. The van der Waals surface area contributed by atoms with Crippen molar-refractivity contribution in [2.45, 2.75) is 59.7 Å². The smallest absolute Gasteiger partial charge is 0.261 e. The highest BCUT2D eigenvalue weighted by atomic mass is 79.9. The minimum absolute atomic E-state index is 0.00413. The van der Waals surface area contributed by atoms with E-state index in [1.807, 2.05) is 77.1 Å². The van der Waals surface area contributed by atoms with Crippen LogP contribution in [0.2, 0.25) is 0 Å². The van der Waals surface area contributed by atoms with Crippen LogP contribution >= 0.6 is 15.9 Å². The van der Waals surface area contributed by atoms with Crippen molar-refractivity contribution < 1.29 is 14.3 Å². The summed E-state index contributed by atoms with van der Waals surface area (Å²) in [6.07, 6.45) is 0.521. The van der Waals surface area contributed by atoms with Crippen molar-refractivity contribution in [3.05, 3.63) is 63.6 Å². The van der Waals surface area contributed by atoms with Gasteiger partial charge in [-0.2, -0.15) is 0 Å². The zero-order chi connectivity index (χ0) is 22.3. The van der Waals surface area contributed by atoms with E-state index in [-0.39, 0.29) is 24.5 Å². The third kappa shape index (κ3) is 6.87. The van der Waals surface area contributed by atoms with Gasteiger partial charge in [-0.3, -0.25) is 9.59 Å². The Balaban J connectivity index is 2.22. The van der Waals surface area contributed by atoms with Crippen molar-refractivity contribution in [1.82, 2.24) is 10.2 Å². The van der Waals surface area contributed by atoms with E-state index in [2.05, 4.69) is 21.2 Å². The number of amides is 2. The van der Waals surface area contributed by atoms with Crippen LogP contribution in [-0.4, -0.2) is 35.4 Å². The van der Waals surface area contributed by atoms with Gasteiger partial charge in [0, 0.05) is 17.1 Å². The van der Waals surface area contributed by atoms with E-state index in [0.717, 1.165) is 21.2 Å². The second-order valence-electron chi connectivity index (χ2n) is 7.80. The summed E-state index contributed by atoms with van der Waals surface area (Å²) >= 11 is 3.46. The zero-order valence-corrected chi connectivity index (χ0v) is 20.0. The number of hydrogen-bond acceptors (Lipinski definition) is 3. The van der Waals surface area contributed by atoms with Crippen molar-refractivity contribution in [3.8, 4) is 5.75 Å². The summed E-state index contributed by atoms with van der Waals surface area (Å²) in [6.45, 7) is 9.95. The lowest BCUT2D eigenvalue weighted by Gasteiger charge is -2.31. The van der Waals surface area contributed by atoms with E-state index in [9.17, 15) is 9.59 Å². The first-order chi connectivity index (χ1) is 14.2. The topological polar surface area (TPSA) is 58.6 Å². The van der Waals surface area contributed by atoms with Gasteiger partial charge in [0.05, 0.1) is 0 Å². The lowest BCUT2D eigenvalue weighted by molar-refractivity contribution is -0.143. The van der Waals surface area contributed by atoms with Gasteiger partial charge in [0.25, 0.3) is 5.91 Å². The number of nitrogens with zero attached hydrogens (tertiary/aromatic N) is 1. The molecule has 0 fully saturated rings. The fourth-order valence-corrected chi connectivity index (χ4v) is 3.49. The molecule has 0 aliphatic rings. The quantitative estimate of drug-likeness (QED) is 0.568. The van der Waals surface area contributed by atoms with Crippen LogP contribution < -0.4 is 10.1 Å². The highest BCUT2D eigenvalue weighted by Gasteiger charge is 2.29. The normalized spacial score (nSPS) is 11.8. The molecule has 5 nitrogen and oxygen atoms in total. The van der Waals surface area contributed by atoms with Gasteiger partial charge in [-0.05, 0) is 63.4 Å². The van der Waals surface area contributed by atoms with E-state index in [0.29, 0.717) is 18.7 Å². The predicted octanol–water partition coefficient (Wildman–Crippen LogP) is 4.78. The van der Waals surface area contributed by atoms with E-state index < -0.39 is 6.04 Å². The SMILES string of the molecule is CC[C@@H](C(=O)NC(C)C)N(Cc1cccc(C)c1)C(=O)COc1ccc(Br)c(C)c1. The molecule has 1 atom stereocenters. The molecule has 0 bridgehead atoms. The van der Waals surface area contributed by atoms with Gasteiger partial charge < -0.3 is 15.0 Å². The van der Waals surface area contributed by atoms with Gasteiger partial charge in [0.1, 0.15) is 11.8 Å². The fraction of sp³-hybridized carbons (Fsp3) is 0.417. The van der Waals surface area contributed by atoms with Crippen molar-refractivity contribution in [2.75, 3.05) is 6.61 Å². The molecular weight excluding hydrogens is 444 g/mol. The Morgan fingerprint density at radius 1 is 1.13 bits per heavy atom. The summed E-state index contributed by atoms with van der Waals surface area (Å²) in [6, 6.07) is 13.0. The predicted molar refractivity (Wildman–Crippen MR) is 123 cm³/mol. The van der Waals surface area contributed by atoms with Crippen LogP contribution in [0.4, 0.5) is 0 Å². The summed E-state index contributed by atoms with van der Waals surface area (Å²) in [5.74, 6) is 0.259. The van der Waals surface area contributed by atoms with Crippen molar-refractivity contribution >= 4 is 27.7 Å². The lowest BCUT2D eigenvalue weighted by Crippen LogP contribution is -2.51.